The van der Waals surface area contributed by atoms with E-state index in [9.17, 15) is 0 Å². The number of rotatable bonds is 4. The van der Waals surface area contributed by atoms with E-state index in [-0.39, 0.29) is 0 Å². The second-order valence-corrected chi connectivity index (χ2v) is 5.35. The number of benzene rings is 1. The van der Waals surface area contributed by atoms with E-state index in [1.807, 2.05) is 19.1 Å². The van der Waals surface area contributed by atoms with Crippen LogP contribution in [0.2, 0.25) is 5.02 Å². The van der Waals surface area contributed by atoms with Crippen molar-refractivity contribution in [3.8, 4) is 5.75 Å². The molecule has 0 radical (unpaired) electrons. The highest BCUT2D eigenvalue weighted by molar-refractivity contribution is 6.30. The van der Waals surface area contributed by atoms with Crippen LogP contribution in [0.1, 0.15) is 18.1 Å². The molecule has 2 N–H and O–H groups in total. The van der Waals surface area contributed by atoms with E-state index in [1.54, 1.807) is 7.11 Å². The van der Waals surface area contributed by atoms with E-state index in [4.69, 9.17) is 26.8 Å². The lowest BCUT2D eigenvalue weighted by Gasteiger charge is -2.24. The first-order valence-electron chi connectivity index (χ1n) is 5.74. The minimum absolute atomic E-state index is 0.404. The third-order valence-corrected chi connectivity index (χ3v) is 3.11. The zero-order chi connectivity index (χ0) is 12.5. The molecule has 0 amide bonds. The van der Waals surface area contributed by atoms with Crippen molar-refractivity contribution in [1.29, 1.82) is 0 Å². The maximum absolute atomic E-state index is 6.18. The Labute approximate surface area is 107 Å². The fourth-order valence-corrected chi connectivity index (χ4v) is 2.56. The molecule has 0 aromatic heterocycles. The van der Waals surface area contributed by atoms with Gasteiger partial charge in [0.1, 0.15) is 5.75 Å². The molecule has 17 heavy (non-hydrogen) atoms. The Morgan fingerprint density at radius 1 is 1.53 bits per heavy atom. The molecule has 1 aromatic carbocycles. The lowest BCUT2D eigenvalue weighted by molar-refractivity contribution is 0.140. The Hall–Kier alpha value is -0.770. The fraction of sp³-hybridized carbons (Fsp3) is 0.538. The predicted octanol–water partition coefficient (Wildman–Crippen LogP) is 2.18. The molecule has 1 heterocycles. The van der Waals surface area contributed by atoms with Crippen LogP contribution < -0.4 is 10.5 Å². The summed E-state index contributed by atoms with van der Waals surface area (Å²) in [5, 5.41) is 0.748. The van der Waals surface area contributed by atoms with Gasteiger partial charge in [-0.3, -0.25) is 0 Å². The van der Waals surface area contributed by atoms with Crippen molar-refractivity contribution in [2.24, 2.45) is 5.73 Å². The normalized spacial score (nSPS) is 17.4. The molecule has 2 rings (SSSR count). The van der Waals surface area contributed by atoms with E-state index in [1.165, 1.54) is 5.56 Å². The van der Waals surface area contributed by atoms with Gasteiger partial charge in [-0.15, -0.1) is 0 Å². The summed E-state index contributed by atoms with van der Waals surface area (Å²) in [5.74, 6) is 0.960. The SMILES string of the molecule is COCC(C)(N)Cc1cc(Cl)cc2c1OCC2. The van der Waals surface area contributed by atoms with E-state index in [0.29, 0.717) is 13.0 Å². The first-order chi connectivity index (χ1) is 8.02. The van der Waals surface area contributed by atoms with Gasteiger partial charge in [-0.1, -0.05) is 11.6 Å². The van der Waals surface area contributed by atoms with Gasteiger partial charge in [0.15, 0.2) is 0 Å². The lowest BCUT2D eigenvalue weighted by Crippen LogP contribution is -2.43. The quantitative estimate of drug-likeness (QED) is 0.897. The molecule has 0 aliphatic carbocycles. The van der Waals surface area contributed by atoms with Crippen LogP contribution in [-0.4, -0.2) is 25.9 Å². The molecule has 0 spiro atoms. The molecule has 1 aromatic rings. The van der Waals surface area contributed by atoms with E-state index in [2.05, 4.69) is 0 Å². The average Bonchev–Trinajstić information content (AvgIpc) is 2.64. The Morgan fingerprint density at radius 2 is 2.29 bits per heavy atom. The van der Waals surface area contributed by atoms with Crippen molar-refractivity contribution in [1.82, 2.24) is 0 Å². The predicted molar refractivity (Wildman–Crippen MR) is 68.8 cm³/mol. The molecule has 1 unspecified atom stereocenters. The van der Waals surface area contributed by atoms with Crippen molar-refractivity contribution >= 4 is 11.6 Å². The summed E-state index contributed by atoms with van der Waals surface area (Å²) >= 11 is 6.11. The third kappa shape index (κ3) is 2.92. The third-order valence-electron chi connectivity index (χ3n) is 2.89. The highest BCUT2D eigenvalue weighted by Gasteiger charge is 2.24. The standard InChI is InChI=1S/C13H18ClNO2/c1-13(15,8-16-2)7-10-6-11(14)5-9-3-4-17-12(9)10/h5-6H,3-4,7-8,15H2,1-2H3. The van der Waals surface area contributed by atoms with Crippen LogP contribution in [0.15, 0.2) is 12.1 Å². The van der Waals surface area contributed by atoms with Gasteiger partial charge >= 0.3 is 0 Å². The number of methoxy groups -OCH3 is 1. The molecule has 94 valence electrons. The molecule has 3 nitrogen and oxygen atoms in total. The van der Waals surface area contributed by atoms with Crippen molar-refractivity contribution in [3.63, 3.8) is 0 Å². The van der Waals surface area contributed by atoms with Crippen LogP contribution in [0.5, 0.6) is 5.75 Å². The van der Waals surface area contributed by atoms with Crippen LogP contribution in [0.25, 0.3) is 0 Å². The number of hydrogen-bond donors (Lipinski definition) is 1. The highest BCUT2D eigenvalue weighted by Crippen LogP contribution is 2.34. The van der Waals surface area contributed by atoms with Crippen molar-refractivity contribution in [2.45, 2.75) is 25.3 Å². The molecule has 4 heteroatoms. The molecule has 1 atom stereocenters. The van der Waals surface area contributed by atoms with Gasteiger partial charge in [0, 0.05) is 24.1 Å². The van der Waals surface area contributed by atoms with Gasteiger partial charge in [0.05, 0.1) is 13.2 Å². The van der Waals surface area contributed by atoms with E-state index >= 15 is 0 Å². The Balaban J connectivity index is 2.27. The second-order valence-electron chi connectivity index (χ2n) is 4.92. The molecule has 0 saturated carbocycles. The maximum atomic E-state index is 6.18. The van der Waals surface area contributed by atoms with Crippen molar-refractivity contribution < 1.29 is 9.47 Å². The molecule has 1 aliphatic rings. The van der Waals surface area contributed by atoms with Crippen LogP contribution in [0, 0.1) is 0 Å². The summed E-state index contributed by atoms with van der Waals surface area (Å²) in [7, 11) is 1.66. The number of nitrogens with two attached hydrogens (primary N) is 1. The van der Waals surface area contributed by atoms with Crippen molar-refractivity contribution in [2.75, 3.05) is 20.3 Å². The summed E-state index contributed by atoms with van der Waals surface area (Å²) in [4.78, 5) is 0. The lowest BCUT2D eigenvalue weighted by atomic mass is 9.93. The van der Waals surface area contributed by atoms with Gasteiger partial charge in [-0.25, -0.2) is 0 Å². The summed E-state index contributed by atoms with van der Waals surface area (Å²) < 4.78 is 10.8. The molecule has 0 saturated heterocycles. The molecular weight excluding hydrogens is 238 g/mol. The molecule has 0 bridgehead atoms. The van der Waals surface area contributed by atoms with Crippen LogP contribution in [0.3, 0.4) is 0 Å². The van der Waals surface area contributed by atoms with Crippen LogP contribution in [0.4, 0.5) is 0 Å². The first kappa shape index (κ1) is 12.7. The van der Waals surface area contributed by atoms with E-state index in [0.717, 1.165) is 29.4 Å². The maximum Gasteiger partial charge on any atom is 0.125 e. The van der Waals surface area contributed by atoms with Gasteiger partial charge < -0.3 is 15.2 Å². The summed E-state index contributed by atoms with van der Waals surface area (Å²) in [5.41, 5.74) is 8.03. The highest BCUT2D eigenvalue weighted by atomic mass is 35.5. The fourth-order valence-electron chi connectivity index (χ4n) is 2.29. The van der Waals surface area contributed by atoms with Gasteiger partial charge in [0.25, 0.3) is 0 Å². The summed E-state index contributed by atoms with van der Waals surface area (Å²) in [6, 6.07) is 3.91. The van der Waals surface area contributed by atoms with Gasteiger partial charge in [-0.2, -0.15) is 0 Å². The smallest absolute Gasteiger partial charge is 0.125 e. The largest absolute Gasteiger partial charge is 0.493 e. The Bertz CT molecular complexity index is 418. The minimum atomic E-state index is -0.404. The minimum Gasteiger partial charge on any atom is -0.493 e. The topological polar surface area (TPSA) is 44.5 Å². The molecular formula is C13H18ClNO2. The Kier molecular flexibility index (Phi) is 3.61. The van der Waals surface area contributed by atoms with Crippen molar-refractivity contribution in [3.05, 3.63) is 28.3 Å². The zero-order valence-electron chi connectivity index (χ0n) is 10.3. The average molecular weight is 256 g/mol. The molecule has 1 aliphatic heterocycles. The Morgan fingerprint density at radius 3 is 3.00 bits per heavy atom. The molecule has 0 fully saturated rings. The second kappa shape index (κ2) is 4.84. The van der Waals surface area contributed by atoms with Crippen LogP contribution in [-0.2, 0) is 17.6 Å². The first-order valence-corrected chi connectivity index (χ1v) is 6.11. The summed E-state index contributed by atoms with van der Waals surface area (Å²) in [6.45, 7) is 3.21. The number of ether oxygens (including phenoxy) is 2. The van der Waals surface area contributed by atoms with Gasteiger partial charge in [-0.05, 0) is 36.6 Å². The van der Waals surface area contributed by atoms with Gasteiger partial charge in [0.2, 0.25) is 0 Å². The number of hydrogen-bond acceptors (Lipinski definition) is 3. The van der Waals surface area contributed by atoms with Crippen LogP contribution >= 0.6 is 11.6 Å². The van der Waals surface area contributed by atoms with E-state index < -0.39 is 5.54 Å². The number of halogens is 1. The zero-order valence-corrected chi connectivity index (χ0v) is 11.0. The summed E-state index contributed by atoms with van der Waals surface area (Å²) in [6.07, 6.45) is 1.62. The number of fused-ring (bicyclic) bond motifs is 1. The monoisotopic (exact) mass is 255 g/mol.